The van der Waals surface area contributed by atoms with Gasteiger partial charge in [-0.2, -0.15) is 0 Å². The van der Waals surface area contributed by atoms with E-state index in [-0.39, 0.29) is 5.56 Å². The fourth-order valence-electron chi connectivity index (χ4n) is 1.44. The molecular formula is C12H15FO2. The van der Waals surface area contributed by atoms with Crippen LogP contribution in [0.5, 0.6) is 0 Å². The Morgan fingerprint density at radius 2 is 2.20 bits per heavy atom. The summed E-state index contributed by atoms with van der Waals surface area (Å²) in [6.07, 6.45) is 0.117. The zero-order chi connectivity index (χ0) is 11.4. The van der Waals surface area contributed by atoms with Crippen LogP contribution < -0.4 is 0 Å². The summed E-state index contributed by atoms with van der Waals surface area (Å²) in [5.41, 5.74) is 0.965. The van der Waals surface area contributed by atoms with Crippen molar-refractivity contribution in [2.75, 3.05) is 0 Å². The lowest BCUT2D eigenvalue weighted by Crippen LogP contribution is -2.21. The van der Waals surface area contributed by atoms with E-state index in [0.29, 0.717) is 12.0 Å². The highest BCUT2D eigenvalue weighted by atomic mass is 19.1. The van der Waals surface area contributed by atoms with Gasteiger partial charge in [-0.25, -0.2) is 4.39 Å². The van der Waals surface area contributed by atoms with Gasteiger partial charge in [-0.15, -0.1) is 0 Å². The van der Waals surface area contributed by atoms with Crippen molar-refractivity contribution in [3.63, 3.8) is 0 Å². The van der Waals surface area contributed by atoms with Gasteiger partial charge in [-0.05, 0) is 31.0 Å². The fraction of sp³-hybridized carbons (Fsp3) is 0.417. The molecule has 0 saturated carbocycles. The van der Waals surface area contributed by atoms with Gasteiger partial charge in [-0.1, -0.05) is 19.4 Å². The number of aliphatic hydroxyl groups excluding tert-OH is 1. The van der Waals surface area contributed by atoms with Crippen LogP contribution in [0.3, 0.4) is 0 Å². The van der Waals surface area contributed by atoms with Crippen molar-refractivity contribution in [2.45, 2.75) is 32.8 Å². The second-order valence-electron chi connectivity index (χ2n) is 3.63. The van der Waals surface area contributed by atoms with Crippen molar-refractivity contribution in [1.29, 1.82) is 0 Å². The van der Waals surface area contributed by atoms with Crippen LogP contribution in [0.15, 0.2) is 18.2 Å². The molecule has 3 heteroatoms. The van der Waals surface area contributed by atoms with Crippen LogP contribution in [-0.4, -0.2) is 17.0 Å². The molecule has 1 N–H and O–H groups in total. The van der Waals surface area contributed by atoms with E-state index in [1.54, 1.807) is 13.0 Å². The van der Waals surface area contributed by atoms with Crippen molar-refractivity contribution < 1.29 is 14.3 Å². The van der Waals surface area contributed by atoms with Gasteiger partial charge in [-0.3, -0.25) is 4.79 Å². The van der Waals surface area contributed by atoms with Crippen molar-refractivity contribution in [3.05, 3.63) is 35.1 Å². The van der Waals surface area contributed by atoms with Crippen LogP contribution in [0.2, 0.25) is 0 Å². The van der Waals surface area contributed by atoms with Gasteiger partial charge in [0.05, 0.1) is 0 Å². The van der Waals surface area contributed by atoms with E-state index >= 15 is 0 Å². The predicted octanol–water partition coefficient (Wildman–Crippen LogP) is 2.48. The topological polar surface area (TPSA) is 37.3 Å². The average Bonchev–Trinajstić information content (AvgIpc) is 2.21. The van der Waals surface area contributed by atoms with Crippen LogP contribution in [0.1, 0.15) is 35.7 Å². The second-order valence-corrected chi connectivity index (χ2v) is 3.63. The molecule has 2 nitrogen and oxygen atoms in total. The van der Waals surface area contributed by atoms with Crippen LogP contribution >= 0.6 is 0 Å². The number of carbonyl (C=O) groups excluding carboxylic acids is 1. The number of ketones is 1. The standard InChI is InChI=1S/C12H15FO2/c1-3-4-11(14)12(15)10-7-9(13)6-5-8(10)2/h5-7,11,14H,3-4H2,1-2H3. The Morgan fingerprint density at radius 3 is 2.80 bits per heavy atom. The Hall–Kier alpha value is -1.22. The molecule has 1 aromatic carbocycles. The summed E-state index contributed by atoms with van der Waals surface area (Å²) >= 11 is 0. The largest absolute Gasteiger partial charge is 0.385 e. The molecule has 0 aliphatic rings. The zero-order valence-electron chi connectivity index (χ0n) is 8.96. The molecule has 0 aromatic heterocycles. The number of carbonyl (C=O) groups is 1. The lowest BCUT2D eigenvalue weighted by Gasteiger charge is -2.10. The first-order valence-corrected chi connectivity index (χ1v) is 5.04. The Labute approximate surface area is 88.7 Å². The Bertz CT molecular complexity index is 361. The first-order valence-electron chi connectivity index (χ1n) is 5.04. The number of halogens is 1. The summed E-state index contributed by atoms with van der Waals surface area (Å²) in [5, 5.41) is 9.51. The van der Waals surface area contributed by atoms with E-state index < -0.39 is 17.7 Å². The fourth-order valence-corrected chi connectivity index (χ4v) is 1.44. The summed E-state index contributed by atoms with van der Waals surface area (Å²) in [5.74, 6) is -0.846. The number of hydrogen-bond acceptors (Lipinski definition) is 2. The van der Waals surface area contributed by atoms with Gasteiger partial charge in [0.2, 0.25) is 0 Å². The molecule has 0 aliphatic heterocycles. The van der Waals surface area contributed by atoms with Gasteiger partial charge >= 0.3 is 0 Å². The molecule has 15 heavy (non-hydrogen) atoms. The van der Waals surface area contributed by atoms with Crippen LogP contribution in [-0.2, 0) is 0 Å². The number of Topliss-reactive ketones (excluding diaryl/α,β-unsaturated/α-hetero) is 1. The maximum Gasteiger partial charge on any atom is 0.191 e. The van der Waals surface area contributed by atoms with Gasteiger partial charge in [0.25, 0.3) is 0 Å². The van der Waals surface area contributed by atoms with Crippen molar-refractivity contribution >= 4 is 5.78 Å². The van der Waals surface area contributed by atoms with Gasteiger partial charge in [0.15, 0.2) is 5.78 Å². The summed E-state index contributed by atoms with van der Waals surface area (Å²) in [7, 11) is 0. The Balaban J connectivity index is 2.95. The van der Waals surface area contributed by atoms with E-state index in [4.69, 9.17) is 0 Å². The number of benzene rings is 1. The maximum absolute atomic E-state index is 12.9. The third-order valence-electron chi connectivity index (χ3n) is 2.33. The average molecular weight is 210 g/mol. The first-order chi connectivity index (χ1) is 7.06. The predicted molar refractivity (Wildman–Crippen MR) is 56.4 cm³/mol. The van der Waals surface area contributed by atoms with Crippen LogP contribution in [0.4, 0.5) is 4.39 Å². The third kappa shape index (κ3) is 2.86. The molecule has 0 radical (unpaired) electrons. The molecule has 82 valence electrons. The molecular weight excluding hydrogens is 195 g/mol. The molecule has 0 fully saturated rings. The van der Waals surface area contributed by atoms with E-state index in [9.17, 15) is 14.3 Å². The highest BCUT2D eigenvalue weighted by Gasteiger charge is 2.18. The minimum Gasteiger partial charge on any atom is -0.385 e. The molecule has 0 bridgehead atoms. The van der Waals surface area contributed by atoms with Crippen molar-refractivity contribution in [1.82, 2.24) is 0 Å². The van der Waals surface area contributed by atoms with E-state index in [1.165, 1.54) is 12.1 Å². The second kappa shape index (κ2) is 5.03. The van der Waals surface area contributed by atoms with Gasteiger partial charge < -0.3 is 5.11 Å². The number of rotatable bonds is 4. The van der Waals surface area contributed by atoms with Crippen molar-refractivity contribution in [2.24, 2.45) is 0 Å². The highest BCUT2D eigenvalue weighted by molar-refractivity contribution is 6.00. The molecule has 0 heterocycles. The minimum atomic E-state index is -1.02. The monoisotopic (exact) mass is 210 g/mol. The summed E-state index contributed by atoms with van der Waals surface area (Å²) in [6.45, 7) is 3.61. The van der Waals surface area contributed by atoms with Crippen LogP contribution in [0.25, 0.3) is 0 Å². The molecule has 0 saturated heterocycles. The molecule has 1 unspecified atom stereocenters. The lowest BCUT2D eigenvalue weighted by atomic mass is 9.99. The number of aryl methyl sites for hydroxylation is 1. The SMILES string of the molecule is CCCC(O)C(=O)c1cc(F)ccc1C. The summed E-state index contributed by atoms with van der Waals surface area (Å²) in [6, 6.07) is 4.02. The van der Waals surface area contributed by atoms with E-state index in [1.807, 2.05) is 6.92 Å². The number of hydrogen-bond donors (Lipinski definition) is 1. The molecule has 1 atom stereocenters. The zero-order valence-corrected chi connectivity index (χ0v) is 8.96. The molecule has 1 aromatic rings. The third-order valence-corrected chi connectivity index (χ3v) is 2.33. The van der Waals surface area contributed by atoms with Crippen molar-refractivity contribution in [3.8, 4) is 0 Å². The highest BCUT2D eigenvalue weighted by Crippen LogP contribution is 2.14. The maximum atomic E-state index is 12.9. The molecule has 0 aliphatic carbocycles. The lowest BCUT2D eigenvalue weighted by molar-refractivity contribution is 0.0728. The molecule has 0 amide bonds. The van der Waals surface area contributed by atoms with Crippen LogP contribution in [0, 0.1) is 12.7 Å². The number of aliphatic hydroxyl groups is 1. The summed E-state index contributed by atoms with van der Waals surface area (Å²) < 4.78 is 12.9. The minimum absolute atomic E-state index is 0.274. The van der Waals surface area contributed by atoms with E-state index in [2.05, 4.69) is 0 Å². The van der Waals surface area contributed by atoms with E-state index in [0.717, 1.165) is 6.42 Å². The Morgan fingerprint density at radius 1 is 1.53 bits per heavy atom. The molecule has 1 rings (SSSR count). The summed E-state index contributed by atoms with van der Waals surface area (Å²) in [4.78, 5) is 11.7. The molecule has 0 spiro atoms. The Kier molecular flexibility index (Phi) is 3.97. The normalized spacial score (nSPS) is 12.5. The van der Waals surface area contributed by atoms with Gasteiger partial charge in [0, 0.05) is 5.56 Å². The first kappa shape index (κ1) is 11.9. The smallest absolute Gasteiger partial charge is 0.191 e. The van der Waals surface area contributed by atoms with Gasteiger partial charge in [0.1, 0.15) is 11.9 Å². The quantitative estimate of drug-likeness (QED) is 0.775.